The lowest BCUT2D eigenvalue weighted by molar-refractivity contribution is 0.159. The maximum atomic E-state index is 4.36. The van der Waals surface area contributed by atoms with Crippen molar-refractivity contribution in [3.05, 3.63) is 12.7 Å². The summed E-state index contributed by atoms with van der Waals surface area (Å²) in [5, 5.41) is 3.47. The van der Waals surface area contributed by atoms with E-state index in [1.165, 1.54) is 38.8 Å². The van der Waals surface area contributed by atoms with Crippen LogP contribution in [-0.4, -0.2) is 62.1 Å². The molecule has 1 fully saturated rings. The number of aliphatic imine (C=N–C) groups is 1. The van der Waals surface area contributed by atoms with Gasteiger partial charge in [-0.2, -0.15) is 0 Å². The number of unbranched alkanes of at least 4 members (excludes halogenated alkanes) is 1. The third kappa shape index (κ3) is 8.36. The first-order valence-electron chi connectivity index (χ1n) is 8.45. The number of likely N-dealkylation sites (tertiary alicyclic amines) is 1. The zero-order valence-electron chi connectivity index (χ0n) is 14.7. The van der Waals surface area contributed by atoms with Crippen molar-refractivity contribution in [3.63, 3.8) is 0 Å². The summed E-state index contributed by atoms with van der Waals surface area (Å²) in [4.78, 5) is 9.19. The number of nitrogens with zero attached hydrogens (tertiary/aromatic N) is 3. The number of rotatable bonds is 8. The molecule has 1 heterocycles. The van der Waals surface area contributed by atoms with Crippen molar-refractivity contribution in [1.82, 2.24) is 15.1 Å². The normalized spacial score (nSPS) is 19.4. The second-order valence-electron chi connectivity index (χ2n) is 6.06. The van der Waals surface area contributed by atoms with Gasteiger partial charge in [-0.3, -0.25) is 4.99 Å². The molecule has 0 bridgehead atoms. The van der Waals surface area contributed by atoms with Crippen LogP contribution in [0.5, 0.6) is 0 Å². The Morgan fingerprint density at radius 3 is 2.82 bits per heavy atom. The Bertz CT molecular complexity index is 320. The molecular formula is C17H35IN4. The molecule has 0 saturated carbocycles. The largest absolute Gasteiger partial charge is 0.356 e. The monoisotopic (exact) mass is 422 g/mol. The highest BCUT2D eigenvalue weighted by Crippen LogP contribution is 2.15. The molecule has 1 atom stereocenters. The SMILES string of the molecule is C=CCCCN(C)C(=NC)NCCCN1CCCCC1C.I. The highest BCUT2D eigenvalue weighted by Gasteiger charge is 2.17. The number of piperidine rings is 1. The van der Waals surface area contributed by atoms with Crippen molar-refractivity contribution in [2.24, 2.45) is 4.99 Å². The topological polar surface area (TPSA) is 30.9 Å². The van der Waals surface area contributed by atoms with E-state index in [0.29, 0.717) is 0 Å². The van der Waals surface area contributed by atoms with E-state index in [0.717, 1.165) is 37.9 Å². The summed E-state index contributed by atoms with van der Waals surface area (Å²) in [7, 11) is 3.96. The first kappa shape index (κ1) is 21.7. The fraction of sp³-hybridized carbons (Fsp3) is 0.824. The van der Waals surface area contributed by atoms with Crippen molar-refractivity contribution in [1.29, 1.82) is 0 Å². The van der Waals surface area contributed by atoms with Crippen molar-refractivity contribution < 1.29 is 0 Å². The van der Waals surface area contributed by atoms with Crippen LogP contribution in [0.4, 0.5) is 0 Å². The molecule has 0 radical (unpaired) electrons. The number of halogens is 1. The number of guanidine groups is 1. The summed E-state index contributed by atoms with van der Waals surface area (Å²) < 4.78 is 0. The molecule has 1 unspecified atom stereocenters. The van der Waals surface area contributed by atoms with Gasteiger partial charge in [0.15, 0.2) is 5.96 Å². The Balaban J connectivity index is 0.00000441. The molecule has 5 heteroatoms. The summed E-state index contributed by atoms with van der Waals surface area (Å²) >= 11 is 0. The molecule has 0 aromatic heterocycles. The molecule has 0 spiro atoms. The van der Waals surface area contributed by atoms with Gasteiger partial charge in [-0.25, -0.2) is 0 Å². The lowest BCUT2D eigenvalue weighted by Gasteiger charge is -2.33. The van der Waals surface area contributed by atoms with Gasteiger partial charge in [0.2, 0.25) is 0 Å². The van der Waals surface area contributed by atoms with Crippen LogP contribution in [0.3, 0.4) is 0 Å². The molecule has 4 nitrogen and oxygen atoms in total. The van der Waals surface area contributed by atoms with E-state index in [9.17, 15) is 0 Å². The van der Waals surface area contributed by atoms with Crippen LogP contribution in [0, 0.1) is 0 Å². The number of allylic oxidation sites excluding steroid dienone is 1. The van der Waals surface area contributed by atoms with Crippen LogP contribution < -0.4 is 5.32 Å². The van der Waals surface area contributed by atoms with Crippen molar-refractivity contribution >= 4 is 29.9 Å². The maximum Gasteiger partial charge on any atom is 0.193 e. The van der Waals surface area contributed by atoms with Gasteiger partial charge in [0, 0.05) is 39.8 Å². The van der Waals surface area contributed by atoms with Gasteiger partial charge in [-0.1, -0.05) is 12.5 Å². The fourth-order valence-corrected chi connectivity index (χ4v) is 2.94. The van der Waals surface area contributed by atoms with Crippen LogP contribution in [0.25, 0.3) is 0 Å². The molecule has 0 aromatic rings. The van der Waals surface area contributed by atoms with E-state index < -0.39 is 0 Å². The van der Waals surface area contributed by atoms with Crippen molar-refractivity contribution in [3.8, 4) is 0 Å². The van der Waals surface area contributed by atoms with E-state index >= 15 is 0 Å². The molecule has 1 saturated heterocycles. The Labute approximate surface area is 154 Å². The fourth-order valence-electron chi connectivity index (χ4n) is 2.94. The lowest BCUT2D eigenvalue weighted by atomic mass is 10.0. The van der Waals surface area contributed by atoms with Gasteiger partial charge in [0.1, 0.15) is 0 Å². The average molecular weight is 422 g/mol. The van der Waals surface area contributed by atoms with E-state index in [4.69, 9.17) is 0 Å². The minimum absolute atomic E-state index is 0. The van der Waals surface area contributed by atoms with Crippen LogP contribution in [0.15, 0.2) is 17.6 Å². The standard InChI is InChI=1S/C17H34N4.HI/c1-5-6-8-13-20(4)17(18-3)19-12-10-15-21-14-9-7-11-16(21)2;/h5,16H,1,6-15H2,2-4H3,(H,18,19);1H. The Morgan fingerprint density at radius 1 is 1.41 bits per heavy atom. The quantitative estimate of drug-likeness (QED) is 0.214. The maximum absolute atomic E-state index is 4.36. The Hall–Kier alpha value is -0.300. The second-order valence-corrected chi connectivity index (χ2v) is 6.06. The number of nitrogens with one attached hydrogen (secondary N) is 1. The van der Waals surface area contributed by atoms with Crippen LogP contribution >= 0.6 is 24.0 Å². The first-order chi connectivity index (χ1) is 10.2. The Morgan fingerprint density at radius 2 is 2.18 bits per heavy atom. The summed E-state index contributed by atoms with van der Waals surface area (Å²) in [5.74, 6) is 1.01. The third-order valence-corrected chi connectivity index (χ3v) is 4.32. The molecule has 1 rings (SSSR count). The van der Waals surface area contributed by atoms with Crippen molar-refractivity contribution in [2.45, 2.75) is 51.5 Å². The molecule has 0 aromatic carbocycles. The minimum atomic E-state index is 0. The smallest absolute Gasteiger partial charge is 0.193 e. The molecule has 130 valence electrons. The first-order valence-corrected chi connectivity index (χ1v) is 8.45. The molecule has 1 N–H and O–H groups in total. The zero-order chi connectivity index (χ0) is 15.5. The van der Waals surface area contributed by atoms with Crippen LogP contribution in [0.1, 0.15) is 45.4 Å². The average Bonchev–Trinajstić information content (AvgIpc) is 2.49. The van der Waals surface area contributed by atoms with Gasteiger partial charge in [0.25, 0.3) is 0 Å². The van der Waals surface area contributed by atoms with Gasteiger partial charge in [0.05, 0.1) is 0 Å². The minimum Gasteiger partial charge on any atom is -0.356 e. The summed E-state index contributed by atoms with van der Waals surface area (Å²) in [6.45, 7) is 10.6. The van der Waals surface area contributed by atoms with Gasteiger partial charge < -0.3 is 15.1 Å². The molecule has 1 aliphatic rings. The predicted octanol–water partition coefficient (Wildman–Crippen LogP) is 3.34. The van der Waals surface area contributed by atoms with Gasteiger partial charge >= 0.3 is 0 Å². The lowest BCUT2D eigenvalue weighted by Crippen LogP contribution is -2.42. The van der Waals surface area contributed by atoms with E-state index in [1.54, 1.807) is 0 Å². The molecule has 0 aliphatic carbocycles. The molecule has 0 amide bonds. The second kappa shape index (κ2) is 13.2. The van der Waals surface area contributed by atoms with Crippen LogP contribution in [0.2, 0.25) is 0 Å². The molecule has 22 heavy (non-hydrogen) atoms. The summed E-state index contributed by atoms with van der Waals surface area (Å²) in [6.07, 6.45) is 9.48. The van der Waals surface area contributed by atoms with Crippen LogP contribution in [-0.2, 0) is 0 Å². The third-order valence-electron chi connectivity index (χ3n) is 4.32. The summed E-state index contributed by atoms with van der Waals surface area (Å²) in [5.41, 5.74) is 0. The van der Waals surface area contributed by atoms with Crippen molar-refractivity contribution in [2.75, 3.05) is 40.3 Å². The highest BCUT2D eigenvalue weighted by molar-refractivity contribution is 14.0. The van der Waals surface area contributed by atoms with Gasteiger partial charge in [-0.15, -0.1) is 30.6 Å². The number of hydrogen-bond donors (Lipinski definition) is 1. The summed E-state index contributed by atoms with van der Waals surface area (Å²) in [6, 6.07) is 0.764. The van der Waals surface area contributed by atoms with E-state index in [1.807, 2.05) is 13.1 Å². The highest BCUT2D eigenvalue weighted by atomic mass is 127. The Kier molecular flexibility index (Phi) is 13.0. The predicted molar refractivity (Wildman–Crippen MR) is 108 cm³/mol. The van der Waals surface area contributed by atoms with E-state index in [2.05, 4.69) is 40.7 Å². The number of hydrogen-bond acceptors (Lipinski definition) is 2. The molecular weight excluding hydrogens is 387 g/mol. The van der Waals surface area contributed by atoms with E-state index in [-0.39, 0.29) is 24.0 Å². The van der Waals surface area contributed by atoms with Gasteiger partial charge in [-0.05, 0) is 45.6 Å². The zero-order valence-corrected chi connectivity index (χ0v) is 17.0. The molecule has 1 aliphatic heterocycles.